The number of urea groups is 1. The molecule has 2 N–H and O–H groups in total. The summed E-state index contributed by atoms with van der Waals surface area (Å²) < 4.78 is 10.2. The molecule has 1 aliphatic carbocycles. The van der Waals surface area contributed by atoms with Crippen molar-refractivity contribution in [3.8, 4) is 16.9 Å². The van der Waals surface area contributed by atoms with Crippen LogP contribution in [0.25, 0.3) is 22.5 Å². The molecule has 8 rings (SSSR count). The Morgan fingerprint density at radius 1 is 1.04 bits per heavy atom. The van der Waals surface area contributed by atoms with Crippen LogP contribution in [0.4, 0.5) is 22.0 Å². The fourth-order valence-electron chi connectivity index (χ4n) is 7.48. The van der Waals surface area contributed by atoms with Gasteiger partial charge in [0.2, 0.25) is 0 Å². The van der Waals surface area contributed by atoms with E-state index in [9.17, 15) is 19.5 Å². The lowest BCUT2D eigenvalue weighted by atomic mass is 9.90. The molecule has 13 heteroatoms. The number of nitrogens with one attached hydrogen (secondary N) is 1. The molecule has 5 aromatic rings. The summed E-state index contributed by atoms with van der Waals surface area (Å²) in [6.07, 6.45) is 10.3. The van der Waals surface area contributed by atoms with Gasteiger partial charge in [0.25, 0.3) is 11.1 Å². The quantitative estimate of drug-likeness (QED) is 0.270. The Hall–Kier alpha value is -5.27. The third-order valence-electron chi connectivity index (χ3n) is 9.97. The van der Waals surface area contributed by atoms with Crippen molar-refractivity contribution in [2.24, 2.45) is 12.5 Å². The number of fused-ring (bicyclic) bond motifs is 3. The first kappa shape index (κ1) is 31.0. The van der Waals surface area contributed by atoms with Crippen LogP contribution in [0, 0.1) is 5.41 Å². The minimum atomic E-state index is -0.380. The van der Waals surface area contributed by atoms with E-state index >= 15 is 0 Å². The van der Waals surface area contributed by atoms with Gasteiger partial charge in [-0.05, 0) is 66.6 Å². The van der Waals surface area contributed by atoms with E-state index in [2.05, 4.69) is 29.1 Å². The largest absolute Gasteiger partial charge is 0.392 e. The molecule has 2 amide bonds. The zero-order valence-corrected chi connectivity index (χ0v) is 27.9. The van der Waals surface area contributed by atoms with E-state index in [-0.39, 0.29) is 46.9 Å². The standard InChI is InChI=1S/C36H38N8O5/c1-21-16-43(25-19-49-20-25)35(48)44(21)24-5-6-31(38-15-24)39-28-11-23(17-40(4)33(28)46)26-7-8-37-32(27(26)18-45)42-10-9-41-29(34(42)47)12-22-13-36(2,3)14-30(22)41/h5-12,15,17,21,25,45H,13-14,16,18-20H2,1-4H3,(H,38,39)/t21-/m0/s1. The SMILES string of the molecule is C[C@H]1CN(C2COC2)C(=O)N1c1ccc(Nc2cc(-c3ccnc(-n4ccn5c6c(cc5c4=O)CC(C)(C)C6)c3CO)cn(C)c2=O)nc1. The molecule has 0 saturated carbocycles. The Kier molecular flexibility index (Phi) is 7.23. The number of aryl methyl sites for hydroxylation is 1. The molecule has 2 saturated heterocycles. The molecule has 13 nitrogen and oxygen atoms in total. The van der Waals surface area contributed by atoms with E-state index in [0.717, 1.165) is 18.5 Å². The minimum absolute atomic E-state index is 0.0157. The van der Waals surface area contributed by atoms with E-state index in [0.29, 0.717) is 59.3 Å². The summed E-state index contributed by atoms with van der Waals surface area (Å²) in [5.41, 5.74) is 5.24. The van der Waals surface area contributed by atoms with E-state index < -0.39 is 0 Å². The summed E-state index contributed by atoms with van der Waals surface area (Å²) in [6, 6.07) is 9.01. The van der Waals surface area contributed by atoms with E-state index in [4.69, 9.17) is 4.74 Å². The zero-order valence-electron chi connectivity index (χ0n) is 27.9. The van der Waals surface area contributed by atoms with Gasteiger partial charge in [-0.15, -0.1) is 0 Å². The molecule has 0 aromatic carbocycles. The number of aliphatic hydroxyl groups is 1. The van der Waals surface area contributed by atoms with Crippen molar-refractivity contribution in [2.75, 3.05) is 30.0 Å². The zero-order chi connectivity index (χ0) is 34.2. The fourth-order valence-corrected chi connectivity index (χ4v) is 7.48. The van der Waals surface area contributed by atoms with Crippen LogP contribution >= 0.6 is 0 Å². The monoisotopic (exact) mass is 662 g/mol. The molecule has 252 valence electrons. The molecule has 5 aromatic heterocycles. The molecule has 2 aliphatic heterocycles. The van der Waals surface area contributed by atoms with Gasteiger partial charge in [0, 0.05) is 55.2 Å². The van der Waals surface area contributed by atoms with E-state index in [1.807, 2.05) is 34.6 Å². The van der Waals surface area contributed by atoms with Crippen LogP contribution < -0.4 is 21.3 Å². The summed E-state index contributed by atoms with van der Waals surface area (Å²) in [5, 5.41) is 13.8. The fraction of sp³-hybridized carbons (Fsp3) is 0.361. The summed E-state index contributed by atoms with van der Waals surface area (Å²) in [4.78, 5) is 52.8. The van der Waals surface area contributed by atoms with Crippen LogP contribution in [-0.2, 0) is 31.2 Å². The number of ether oxygens (including phenoxy) is 1. The van der Waals surface area contributed by atoms with Gasteiger partial charge < -0.3 is 29.0 Å². The van der Waals surface area contributed by atoms with Crippen LogP contribution in [0.2, 0.25) is 0 Å². The van der Waals surface area contributed by atoms with Gasteiger partial charge in [-0.1, -0.05) is 13.8 Å². The molecule has 49 heavy (non-hydrogen) atoms. The summed E-state index contributed by atoms with van der Waals surface area (Å²) in [6.45, 7) is 7.83. The Labute approximate surface area is 282 Å². The van der Waals surface area contributed by atoms with E-state index in [1.54, 1.807) is 54.9 Å². The Morgan fingerprint density at radius 3 is 2.57 bits per heavy atom. The first-order chi connectivity index (χ1) is 23.5. The lowest BCUT2D eigenvalue weighted by molar-refractivity contribution is -0.0441. The summed E-state index contributed by atoms with van der Waals surface area (Å²) in [7, 11) is 1.65. The summed E-state index contributed by atoms with van der Waals surface area (Å²) in [5.74, 6) is 0.755. The number of carbonyl (C=O) groups is 1. The van der Waals surface area contributed by atoms with Gasteiger partial charge >= 0.3 is 6.03 Å². The Bertz CT molecular complexity index is 2250. The first-order valence-corrected chi connectivity index (χ1v) is 16.5. The van der Waals surface area contributed by atoms with Crippen LogP contribution in [0.3, 0.4) is 0 Å². The molecule has 1 atom stereocenters. The molecule has 7 heterocycles. The molecule has 2 fully saturated rings. The maximum atomic E-state index is 13.8. The van der Waals surface area contributed by atoms with Crippen molar-refractivity contribution in [1.29, 1.82) is 0 Å². The second-order valence-corrected chi connectivity index (χ2v) is 14.1. The van der Waals surface area contributed by atoms with Gasteiger partial charge in [0.1, 0.15) is 22.8 Å². The second-order valence-electron chi connectivity index (χ2n) is 14.1. The molecule has 0 bridgehead atoms. The first-order valence-electron chi connectivity index (χ1n) is 16.5. The normalized spacial score (nSPS) is 18.7. The van der Waals surface area contributed by atoms with Crippen molar-refractivity contribution < 1.29 is 14.6 Å². The molecular formula is C36H38N8O5. The molecule has 0 unspecified atom stereocenters. The van der Waals surface area contributed by atoms with Crippen molar-refractivity contribution >= 4 is 28.7 Å². The van der Waals surface area contributed by atoms with Crippen LogP contribution in [0.1, 0.15) is 37.6 Å². The highest BCUT2D eigenvalue weighted by molar-refractivity contribution is 5.95. The number of pyridine rings is 3. The third kappa shape index (κ3) is 5.11. The van der Waals surface area contributed by atoms with Gasteiger partial charge in [-0.25, -0.2) is 14.8 Å². The van der Waals surface area contributed by atoms with Crippen LogP contribution in [-0.4, -0.2) is 71.4 Å². The lowest BCUT2D eigenvalue weighted by Crippen LogP contribution is -2.50. The highest BCUT2D eigenvalue weighted by Crippen LogP contribution is 2.37. The molecule has 3 aliphatic rings. The smallest absolute Gasteiger partial charge is 0.325 e. The number of rotatable bonds is 7. The van der Waals surface area contributed by atoms with Crippen molar-refractivity contribution in [3.05, 3.63) is 98.8 Å². The van der Waals surface area contributed by atoms with Crippen molar-refractivity contribution in [3.63, 3.8) is 0 Å². The molecule has 0 radical (unpaired) electrons. The number of hydrogen-bond acceptors (Lipinski definition) is 8. The van der Waals surface area contributed by atoms with Crippen molar-refractivity contribution in [2.45, 2.75) is 52.3 Å². The number of aromatic nitrogens is 5. The van der Waals surface area contributed by atoms with Crippen LogP contribution in [0.15, 0.2) is 70.9 Å². The predicted octanol–water partition coefficient (Wildman–Crippen LogP) is 3.64. The third-order valence-corrected chi connectivity index (χ3v) is 9.97. The molecular weight excluding hydrogens is 624 g/mol. The van der Waals surface area contributed by atoms with Gasteiger partial charge in [0.15, 0.2) is 0 Å². The number of anilines is 3. The van der Waals surface area contributed by atoms with Gasteiger partial charge in [0.05, 0.1) is 43.8 Å². The topological polar surface area (TPSA) is 139 Å². The number of hydrogen-bond donors (Lipinski definition) is 2. The minimum Gasteiger partial charge on any atom is -0.392 e. The summed E-state index contributed by atoms with van der Waals surface area (Å²) >= 11 is 0. The number of nitrogens with zero attached hydrogens (tertiary/aromatic N) is 7. The highest BCUT2D eigenvalue weighted by atomic mass is 16.5. The molecule has 0 spiro atoms. The predicted molar refractivity (Wildman–Crippen MR) is 185 cm³/mol. The van der Waals surface area contributed by atoms with Crippen molar-refractivity contribution in [1.82, 2.24) is 28.4 Å². The number of amides is 2. The number of aliphatic hydroxyl groups excluding tert-OH is 1. The highest BCUT2D eigenvalue weighted by Gasteiger charge is 2.41. The average Bonchev–Trinajstić information content (AvgIpc) is 3.65. The maximum Gasteiger partial charge on any atom is 0.325 e. The van der Waals surface area contributed by atoms with E-state index in [1.165, 1.54) is 14.7 Å². The Balaban J connectivity index is 1.10. The average molecular weight is 663 g/mol. The number of carbonyl (C=O) groups excluding carboxylic acids is 1. The van der Waals surface area contributed by atoms with Gasteiger partial charge in [-0.2, -0.15) is 0 Å². The van der Waals surface area contributed by atoms with Gasteiger partial charge in [-0.3, -0.25) is 19.1 Å². The lowest BCUT2D eigenvalue weighted by Gasteiger charge is -2.34. The van der Waals surface area contributed by atoms with Crippen LogP contribution in [0.5, 0.6) is 0 Å². The second kappa shape index (κ2) is 11.4. The Morgan fingerprint density at radius 2 is 1.86 bits per heavy atom. The maximum absolute atomic E-state index is 13.8.